The fraction of sp³-hybridized carbons (Fsp3) is 0.409. The van der Waals surface area contributed by atoms with Crippen molar-refractivity contribution in [1.82, 2.24) is 10.2 Å². The Morgan fingerprint density at radius 2 is 1.96 bits per heavy atom. The van der Waals surface area contributed by atoms with E-state index in [1.807, 2.05) is 24.0 Å². The van der Waals surface area contributed by atoms with Gasteiger partial charge >= 0.3 is 6.03 Å². The van der Waals surface area contributed by atoms with Crippen molar-refractivity contribution < 1.29 is 4.79 Å². The van der Waals surface area contributed by atoms with Gasteiger partial charge in [0.05, 0.1) is 0 Å². The molecule has 0 saturated carbocycles. The van der Waals surface area contributed by atoms with Gasteiger partial charge in [-0.2, -0.15) is 0 Å². The van der Waals surface area contributed by atoms with E-state index in [0.717, 1.165) is 36.2 Å². The highest BCUT2D eigenvalue weighted by atomic mass is 35.5. The molecule has 3 rings (SSSR count). The molecule has 1 saturated heterocycles. The molecule has 1 aliphatic rings. The van der Waals surface area contributed by atoms with Gasteiger partial charge in [0.1, 0.15) is 0 Å². The van der Waals surface area contributed by atoms with Crippen molar-refractivity contribution in [2.24, 2.45) is 0 Å². The number of anilines is 1. The van der Waals surface area contributed by atoms with Gasteiger partial charge in [0.2, 0.25) is 0 Å². The zero-order valence-electron chi connectivity index (χ0n) is 16.7. The van der Waals surface area contributed by atoms with Crippen LogP contribution in [0.15, 0.2) is 42.5 Å². The van der Waals surface area contributed by atoms with E-state index in [0.29, 0.717) is 17.6 Å². The summed E-state index contributed by atoms with van der Waals surface area (Å²) in [4.78, 5) is 15.1. The Morgan fingerprint density at radius 1 is 1.25 bits per heavy atom. The molecule has 152 valence electrons. The minimum Gasteiger partial charge on any atom is -0.316 e. The molecule has 0 aromatic heterocycles. The third-order valence-corrected chi connectivity index (χ3v) is 5.57. The summed E-state index contributed by atoms with van der Waals surface area (Å²) < 4.78 is 0. The second-order valence-electron chi connectivity index (χ2n) is 7.45. The number of hydrogen-bond donors (Lipinski definition) is 2. The van der Waals surface area contributed by atoms with E-state index in [4.69, 9.17) is 11.6 Å². The van der Waals surface area contributed by atoms with Crippen molar-refractivity contribution in [3.63, 3.8) is 0 Å². The molecule has 0 bridgehead atoms. The first-order valence-corrected chi connectivity index (χ1v) is 9.94. The lowest BCUT2D eigenvalue weighted by atomic mass is 10.1. The number of halogens is 2. The van der Waals surface area contributed by atoms with Crippen LogP contribution >= 0.6 is 24.0 Å². The van der Waals surface area contributed by atoms with E-state index in [1.54, 1.807) is 6.07 Å². The van der Waals surface area contributed by atoms with Gasteiger partial charge in [-0.3, -0.25) is 0 Å². The van der Waals surface area contributed by atoms with Crippen molar-refractivity contribution in [3.05, 3.63) is 64.2 Å². The van der Waals surface area contributed by atoms with Crippen LogP contribution in [0.3, 0.4) is 0 Å². The van der Waals surface area contributed by atoms with Crippen LogP contribution in [0, 0.1) is 13.8 Å². The lowest BCUT2D eigenvalue weighted by Gasteiger charge is -2.33. The van der Waals surface area contributed by atoms with E-state index in [-0.39, 0.29) is 24.5 Å². The lowest BCUT2D eigenvalue weighted by molar-refractivity contribution is 0.174. The Kier molecular flexibility index (Phi) is 8.17. The number of urea groups is 1. The zero-order chi connectivity index (χ0) is 19.4. The van der Waals surface area contributed by atoms with E-state index < -0.39 is 0 Å². The molecule has 2 aromatic rings. The fourth-order valence-corrected chi connectivity index (χ4v) is 3.81. The quantitative estimate of drug-likeness (QED) is 0.663. The number of carbonyl (C=O) groups is 1. The van der Waals surface area contributed by atoms with E-state index in [1.165, 1.54) is 5.56 Å². The van der Waals surface area contributed by atoms with Crippen molar-refractivity contribution in [1.29, 1.82) is 0 Å². The number of amides is 2. The first-order chi connectivity index (χ1) is 12.9. The predicted molar refractivity (Wildman–Crippen MR) is 120 cm³/mol. The molecule has 28 heavy (non-hydrogen) atoms. The van der Waals surface area contributed by atoms with Crippen molar-refractivity contribution in [3.8, 4) is 0 Å². The topological polar surface area (TPSA) is 44.4 Å². The summed E-state index contributed by atoms with van der Waals surface area (Å²) in [6, 6.07) is 14.2. The second kappa shape index (κ2) is 10.1. The number of nitrogens with one attached hydrogen (secondary N) is 2. The molecule has 2 unspecified atom stereocenters. The number of nitrogens with zero attached hydrogens (tertiary/aromatic N) is 1. The van der Waals surface area contributed by atoms with Crippen molar-refractivity contribution in [2.75, 3.05) is 11.9 Å². The van der Waals surface area contributed by atoms with Crippen LogP contribution in [-0.4, -0.2) is 29.6 Å². The predicted octanol–water partition coefficient (Wildman–Crippen LogP) is 5.55. The highest BCUT2D eigenvalue weighted by Gasteiger charge is 2.29. The van der Waals surface area contributed by atoms with Crippen LogP contribution < -0.4 is 10.6 Å². The Bertz CT molecular complexity index is 789. The zero-order valence-corrected chi connectivity index (χ0v) is 18.2. The summed E-state index contributed by atoms with van der Waals surface area (Å²) in [6.07, 6.45) is 2.25. The second-order valence-corrected chi connectivity index (χ2v) is 7.88. The smallest absolute Gasteiger partial charge is 0.316 e. The summed E-state index contributed by atoms with van der Waals surface area (Å²) in [7, 11) is 0. The Balaban J connectivity index is 0.00000280. The van der Waals surface area contributed by atoms with E-state index in [2.05, 4.69) is 48.7 Å². The minimum atomic E-state index is -0.0813. The summed E-state index contributed by atoms with van der Waals surface area (Å²) in [5.74, 6) is 0. The van der Waals surface area contributed by atoms with Gasteiger partial charge in [-0.1, -0.05) is 41.4 Å². The van der Waals surface area contributed by atoms with E-state index in [9.17, 15) is 4.79 Å². The molecule has 2 N–H and O–H groups in total. The Labute approximate surface area is 179 Å². The van der Waals surface area contributed by atoms with Crippen LogP contribution in [0.2, 0.25) is 5.02 Å². The summed E-state index contributed by atoms with van der Waals surface area (Å²) in [6.45, 7) is 7.76. The molecule has 1 fully saturated rings. The molecule has 4 nitrogen and oxygen atoms in total. The lowest BCUT2D eigenvalue weighted by Crippen LogP contribution is -2.49. The maximum absolute atomic E-state index is 13.2. The van der Waals surface area contributed by atoms with Gasteiger partial charge in [0.25, 0.3) is 0 Å². The van der Waals surface area contributed by atoms with Crippen molar-refractivity contribution in [2.45, 2.75) is 52.2 Å². The SMILES string of the molecule is Cc1ccc(CN(C(=O)Nc2ccc(Cl)cc2C)C(C)C2CCCN2)cc1.Cl. The molecule has 1 aliphatic heterocycles. The minimum absolute atomic E-state index is 0. The first kappa shape index (κ1) is 22.5. The van der Waals surface area contributed by atoms with Crippen LogP contribution in [0.25, 0.3) is 0 Å². The van der Waals surface area contributed by atoms with Crippen LogP contribution in [0.5, 0.6) is 0 Å². The highest BCUT2D eigenvalue weighted by molar-refractivity contribution is 6.30. The van der Waals surface area contributed by atoms with E-state index >= 15 is 0 Å². The number of aryl methyl sites for hydroxylation is 2. The van der Waals surface area contributed by atoms with Gasteiger partial charge in [-0.15, -0.1) is 12.4 Å². The van der Waals surface area contributed by atoms with Crippen molar-refractivity contribution >= 4 is 35.7 Å². The molecular formula is C22H29Cl2N3O. The maximum atomic E-state index is 13.2. The largest absolute Gasteiger partial charge is 0.322 e. The molecule has 2 atom stereocenters. The molecule has 0 aliphatic carbocycles. The van der Waals surface area contributed by atoms with Crippen LogP contribution in [0.4, 0.5) is 10.5 Å². The average molecular weight is 422 g/mol. The molecule has 2 aromatic carbocycles. The molecule has 6 heteroatoms. The first-order valence-electron chi connectivity index (χ1n) is 9.57. The van der Waals surface area contributed by atoms with Gasteiger partial charge < -0.3 is 15.5 Å². The molecular weight excluding hydrogens is 393 g/mol. The number of hydrogen-bond acceptors (Lipinski definition) is 2. The monoisotopic (exact) mass is 421 g/mol. The maximum Gasteiger partial charge on any atom is 0.322 e. The highest BCUT2D eigenvalue weighted by Crippen LogP contribution is 2.22. The Hall–Kier alpha value is -1.75. The normalized spacial score (nSPS) is 16.9. The van der Waals surface area contributed by atoms with Crippen LogP contribution in [-0.2, 0) is 6.54 Å². The average Bonchev–Trinajstić information content (AvgIpc) is 3.17. The third-order valence-electron chi connectivity index (χ3n) is 5.34. The summed E-state index contributed by atoms with van der Waals surface area (Å²) in [5, 5.41) is 7.28. The number of benzene rings is 2. The Morgan fingerprint density at radius 3 is 2.57 bits per heavy atom. The van der Waals surface area contributed by atoms with Gasteiger partial charge in [0.15, 0.2) is 0 Å². The molecule has 2 amide bonds. The summed E-state index contributed by atoms with van der Waals surface area (Å²) >= 11 is 6.04. The standard InChI is InChI=1S/C22H28ClN3O.ClH/c1-15-6-8-18(9-7-15)14-26(17(3)21-5-4-12-24-21)22(27)25-20-11-10-19(23)13-16(20)2;/h6-11,13,17,21,24H,4-5,12,14H2,1-3H3,(H,25,27);1H. The third kappa shape index (κ3) is 5.63. The van der Waals surface area contributed by atoms with Gasteiger partial charge in [-0.25, -0.2) is 4.79 Å². The number of rotatable bonds is 5. The fourth-order valence-electron chi connectivity index (χ4n) is 3.59. The molecule has 0 spiro atoms. The molecule has 1 heterocycles. The molecule has 0 radical (unpaired) electrons. The number of carbonyl (C=O) groups excluding carboxylic acids is 1. The van der Waals surface area contributed by atoms with Crippen LogP contribution in [0.1, 0.15) is 36.5 Å². The van der Waals surface area contributed by atoms with Gasteiger partial charge in [-0.05, 0) is 69.5 Å². The van der Waals surface area contributed by atoms with Gasteiger partial charge in [0, 0.05) is 29.3 Å². The summed E-state index contributed by atoms with van der Waals surface area (Å²) in [5.41, 5.74) is 4.10.